The van der Waals surface area contributed by atoms with Crippen LogP contribution in [0.15, 0.2) is 42.5 Å². The number of halogens is 1. The topological polar surface area (TPSA) is 67.9 Å². The van der Waals surface area contributed by atoms with Gasteiger partial charge in [-0.25, -0.2) is 4.39 Å². The van der Waals surface area contributed by atoms with Crippen LogP contribution in [-0.2, 0) is 4.79 Å². The molecule has 2 heterocycles. The third-order valence-corrected chi connectivity index (χ3v) is 4.42. The molecule has 2 aliphatic rings. The second-order valence-electron chi connectivity index (χ2n) is 6.19. The van der Waals surface area contributed by atoms with E-state index in [4.69, 9.17) is 9.47 Å². The van der Waals surface area contributed by atoms with Gasteiger partial charge in [0.05, 0.1) is 11.6 Å². The third-order valence-electron chi connectivity index (χ3n) is 4.42. The Morgan fingerprint density at radius 3 is 2.69 bits per heavy atom. The molecule has 134 valence electrons. The van der Waals surface area contributed by atoms with Gasteiger partial charge in [0.15, 0.2) is 11.5 Å². The largest absolute Gasteiger partial charge is 0.486 e. The zero-order valence-corrected chi connectivity index (χ0v) is 13.9. The highest BCUT2D eigenvalue weighted by Crippen LogP contribution is 2.35. The summed E-state index contributed by atoms with van der Waals surface area (Å²) < 4.78 is 24.8. The van der Waals surface area contributed by atoms with Crippen molar-refractivity contribution < 1.29 is 23.5 Å². The minimum absolute atomic E-state index is 0.0299. The first-order chi connectivity index (χ1) is 12.6. The summed E-state index contributed by atoms with van der Waals surface area (Å²) in [6, 6.07) is 10.7. The second kappa shape index (κ2) is 6.67. The Balaban J connectivity index is 1.47. The number of amides is 2. The molecule has 1 fully saturated rings. The van der Waals surface area contributed by atoms with E-state index in [0.717, 1.165) is 0 Å². The van der Waals surface area contributed by atoms with Crippen molar-refractivity contribution in [3.05, 3.63) is 53.8 Å². The lowest BCUT2D eigenvalue weighted by molar-refractivity contribution is -0.117. The van der Waals surface area contributed by atoms with Crippen molar-refractivity contribution in [2.45, 2.75) is 12.5 Å². The molecule has 0 aromatic heterocycles. The molecule has 4 rings (SSSR count). The Kier molecular flexibility index (Phi) is 4.20. The summed E-state index contributed by atoms with van der Waals surface area (Å²) in [6.45, 7) is 1.28. The standard InChI is InChI=1S/C19H17FN2O4/c20-15-4-2-1-3-14(15)19(24)21-12-9-18(23)22(11-12)13-5-6-16-17(10-13)26-8-7-25-16/h1-6,10,12H,7-9,11H2,(H,21,24)/t12-/m1/s1. The molecule has 6 nitrogen and oxygen atoms in total. The van der Waals surface area contributed by atoms with Crippen molar-refractivity contribution in [1.29, 1.82) is 0 Å². The van der Waals surface area contributed by atoms with Gasteiger partial charge >= 0.3 is 0 Å². The summed E-state index contributed by atoms with van der Waals surface area (Å²) in [5.74, 6) is 0.0277. The van der Waals surface area contributed by atoms with Gasteiger partial charge in [-0.3, -0.25) is 9.59 Å². The van der Waals surface area contributed by atoms with Crippen LogP contribution in [0.25, 0.3) is 0 Å². The molecule has 2 aromatic rings. The molecule has 7 heteroatoms. The van der Waals surface area contributed by atoms with Crippen LogP contribution in [0.1, 0.15) is 16.8 Å². The van der Waals surface area contributed by atoms with Gasteiger partial charge in [0, 0.05) is 24.7 Å². The highest BCUT2D eigenvalue weighted by atomic mass is 19.1. The van der Waals surface area contributed by atoms with Crippen molar-refractivity contribution in [3.63, 3.8) is 0 Å². The average Bonchev–Trinajstić information content (AvgIpc) is 3.01. The number of anilines is 1. The Morgan fingerprint density at radius 1 is 1.12 bits per heavy atom. The minimum Gasteiger partial charge on any atom is -0.486 e. The number of carbonyl (C=O) groups is 2. The van der Waals surface area contributed by atoms with Crippen molar-refractivity contribution >= 4 is 17.5 Å². The summed E-state index contributed by atoms with van der Waals surface area (Å²) in [5.41, 5.74) is 0.652. The first-order valence-electron chi connectivity index (χ1n) is 8.37. The van der Waals surface area contributed by atoms with Crippen molar-refractivity contribution in [2.24, 2.45) is 0 Å². The Bertz CT molecular complexity index is 870. The van der Waals surface area contributed by atoms with Crippen LogP contribution >= 0.6 is 0 Å². The van der Waals surface area contributed by atoms with E-state index < -0.39 is 11.7 Å². The fraction of sp³-hybridized carbons (Fsp3) is 0.263. The van der Waals surface area contributed by atoms with Crippen LogP contribution in [0.4, 0.5) is 10.1 Å². The summed E-state index contributed by atoms with van der Waals surface area (Å²) in [5, 5.41) is 2.73. The summed E-state index contributed by atoms with van der Waals surface area (Å²) in [7, 11) is 0. The lowest BCUT2D eigenvalue weighted by Crippen LogP contribution is -2.37. The number of fused-ring (bicyclic) bond motifs is 1. The molecule has 0 bridgehead atoms. The number of hydrogen-bond donors (Lipinski definition) is 1. The van der Waals surface area contributed by atoms with E-state index in [1.807, 2.05) is 0 Å². The average molecular weight is 356 g/mol. The van der Waals surface area contributed by atoms with E-state index in [0.29, 0.717) is 36.9 Å². The number of benzene rings is 2. The van der Waals surface area contributed by atoms with Crippen molar-refractivity contribution in [3.8, 4) is 11.5 Å². The zero-order valence-electron chi connectivity index (χ0n) is 13.9. The van der Waals surface area contributed by atoms with Gasteiger partial charge in [-0.1, -0.05) is 12.1 Å². The third kappa shape index (κ3) is 3.08. The number of rotatable bonds is 3. The molecule has 0 spiro atoms. The van der Waals surface area contributed by atoms with Gasteiger partial charge in [0.25, 0.3) is 5.91 Å². The number of nitrogens with one attached hydrogen (secondary N) is 1. The van der Waals surface area contributed by atoms with Crippen molar-refractivity contribution in [1.82, 2.24) is 5.32 Å². The molecule has 2 aliphatic heterocycles. The highest BCUT2D eigenvalue weighted by molar-refractivity contribution is 5.99. The smallest absolute Gasteiger partial charge is 0.254 e. The van der Waals surface area contributed by atoms with E-state index >= 15 is 0 Å². The summed E-state index contributed by atoms with van der Waals surface area (Å²) in [4.78, 5) is 26.2. The van der Waals surface area contributed by atoms with Crippen LogP contribution in [0.3, 0.4) is 0 Å². The predicted molar refractivity (Wildman–Crippen MR) is 92.1 cm³/mol. The highest BCUT2D eigenvalue weighted by Gasteiger charge is 2.32. The quantitative estimate of drug-likeness (QED) is 0.915. The molecular formula is C19H17FN2O4. The zero-order chi connectivity index (χ0) is 18.1. The molecule has 0 saturated carbocycles. The van der Waals surface area contributed by atoms with Gasteiger partial charge in [-0.15, -0.1) is 0 Å². The maximum Gasteiger partial charge on any atom is 0.254 e. The molecule has 0 unspecified atom stereocenters. The Morgan fingerprint density at radius 2 is 1.88 bits per heavy atom. The molecule has 1 N–H and O–H groups in total. The van der Waals surface area contributed by atoms with Crippen LogP contribution < -0.4 is 19.7 Å². The van der Waals surface area contributed by atoms with Gasteiger partial charge in [-0.2, -0.15) is 0 Å². The molecule has 1 atom stereocenters. The predicted octanol–water partition coefficient (Wildman–Crippen LogP) is 2.13. The normalized spacial score (nSPS) is 18.7. The van der Waals surface area contributed by atoms with Gasteiger partial charge in [0.2, 0.25) is 5.91 Å². The van der Waals surface area contributed by atoms with E-state index in [1.165, 1.54) is 18.2 Å². The first-order valence-corrected chi connectivity index (χ1v) is 8.37. The molecule has 1 saturated heterocycles. The molecule has 0 aliphatic carbocycles. The van der Waals surface area contributed by atoms with E-state index in [-0.39, 0.29) is 23.9 Å². The lowest BCUT2D eigenvalue weighted by atomic mass is 10.1. The van der Waals surface area contributed by atoms with Crippen LogP contribution in [-0.4, -0.2) is 37.6 Å². The molecule has 0 radical (unpaired) electrons. The van der Waals surface area contributed by atoms with Gasteiger partial charge in [-0.05, 0) is 24.3 Å². The van der Waals surface area contributed by atoms with Crippen LogP contribution in [0, 0.1) is 5.82 Å². The van der Waals surface area contributed by atoms with E-state index in [1.54, 1.807) is 29.2 Å². The monoisotopic (exact) mass is 356 g/mol. The fourth-order valence-corrected chi connectivity index (χ4v) is 3.16. The van der Waals surface area contributed by atoms with Crippen molar-refractivity contribution in [2.75, 3.05) is 24.7 Å². The minimum atomic E-state index is -0.585. The lowest BCUT2D eigenvalue weighted by Gasteiger charge is -2.22. The maximum absolute atomic E-state index is 13.7. The molecule has 2 aromatic carbocycles. The van der Waals surface area contributed by atoms with Gasteiger partial charge < -0.3 is 19.7 Å². The molecule has 26 heavy (non-hydrogen) atoms. The van der Waals surface area contributed by atoms with Crippen LogP contribution in [0.5, 0.6) is 11.5 Å². The maximum atomic E-state index is 13.7. The molecular weight excluding hydrogens is 339 g/mol. The number of carbonyl (C=O) groups excluding carboxylic acids is 2. The van der Waals surface area contributed by atoms with Crippen LogP contribution in [0.2, 0.25) is 0 Å². The Hall–Kier alpha value is -3.09. The van der Waals surface area contributed by atoms with E-state index in [2.05, 4.69) is 5.32 Å². The fourth-order valence-electron chi connectivity index (χ4n) is 3.16. The number of nitrogens with zero attached hydrogens (tertiary/aromatic N) is 1. The second-order valence-corrected chi connectivity index (χ2v) is 6.19. The van der Waals surface area contributed by atoms with Gasteiger partial charge in [0.1, 0.15) is 19.0 Å². The number of ether oxygens (including phenoxy) is 2. The first kappa shape index (κ1) is 16.4. The summed E-state index contributed by atoms with van der Waals surface area (Å²) in [6.07, 6.45) is 0.161. The van der Waals surface area contributed by atoms with E-state index in [9.17, 15) is 14.0 Å². The number of hydrogen-bond acceptors (Lipinski definition) is 4. The summed E-state index contributed by atoms with van der Waals surface area (Å²) >= 11 is 0. The molecule has 2 amide bonds. The Labute approximate surface area is 149 Å². The SMILES string of the molecule is O=C(N[C@@H]1CC(=O)N(c2ccc3c(c2)OCCO3)C1)c1ccccc1F.